The Hall–Kier alpha value is -1.27. The molecule has 2 N–H and O–H groups in total. The maximum Gasteiger partial charge on any atom is 0.416 e. The van der Waals surface area contributed by atoms with Gasteiger partial charge in [0, 0.05) is 31.9 Å². The number of halogens is 3. The number of rotatable bonds is 6. The van der Waals surface area contributed by atoms with E-state index in [1.807, 2.05) is 18.7 Å². The van der Waals surface area contributed by atoms with Gasteiger partial charge in [0.2, 0.25) is 0 Å². The average Bonchev–Trinajstić information content (AvgIpc) is 2.37. The van der Waals surface area contributed by atoms with Gasteiger partial charge in [-0.15, -0.1) is 0 Å². The van der Waals surface area contributed by atoms with Crippen molar-refractivity contribution in [3.63, 3.8) is 0 Å². The molecule has 1 rings (SSSR count). The molecule has 0 saturated heterocycles. The summed E-state index contributed by atoms with van der Waals surface area (Å²) < 4.78 is 44.1. The van der Waals surface area contributed by atoms with Crippen molar-refractivity contribution in [2.45, 2.75) is 32.6 Å². The van der Waals surface area contributed by atoms with Gasteiger partial charge in [0.1, 0.15) is 0 Å². The molecule has 6 heteroatoms. The smallest absolute Gasteiger partial charge is 0.383 e. The van der Waals surface area contributed by atoms with Crippen molar-refractivity contribution in [2.75, 3.05) is 25.2 Å². The highest BCUT2D eigenvalue weighted by Gasteiger charge is 2.33. The van der Waals surface area contributed by atoms with Gasteiger partial charge >= 0.3 is 6.18 Å². The van der Waals surface area contributed by atoms with Crippen molar-refractivity contribution in [2.24, 2.45) is 5.73 Å². The molecular formula is C14H21F3N2O. The summed E-state index contributed by atoms with van der Waals surface area (Å²) in [7, 11) is 1.57. The summed E-state index contributed by atoms with van der Waals surface area (Å²) in [4.78, 5) is 1.87. The van der Waals surface area contributed by atoms with Crippen molar-refractivity contribution < 1.29 is 17.9 Å². The molecule has 1 aromatic rings. The van der Waals surface area contributed by atoms with E-state index in [2.05, 4.69) is 0 Å². The van der Waals surface area contributed by atoms with Crippen LogP contribution in [0.2, 0.25) is 0 Å². The Morgan fingerprint density at radius 1 is 1.30 bits per heavy atom. The maximum absolute atomic E-state index is 13.0. The van der Waals surface area contributed by atoms with E-state index >= 15 is 0 Å². The van der Waals surface area contributed by atoms with Gasteiger partial charge in [-0.25, -0.2) is 0 Å². The Labute approximate surface area is 117 Å². The van der Waals surface area contributed by atoms with Crippen LogP contribution >= 0.6 is 0 Å². The Kier molecular flexibility index (Phi) is 5.83. The molecule has 1 aromatic carbocycles. The van der Waals surface area contributed by atoms with Gasteiger partial charge in [0.15, 0.2) is 0 Å². The van der Waals surface area contributed by atoms with Crippen LogP contribution in [0.1, 0.15) is 25.0 Å². The number of hydrogen-bond acceptors (Lipinski definition) is 3. The molecule has 0 atom stereocenters. The van der Waals surface area contributed by atoms with E-state index in [4.69, 9.17) is 10.5 Å². The topological polar surface area (TPSA) is 38.5 Å². The first-order valence-electron chi connectivity index (χ1n) is 6.47. The minimum Gasteiger partial charge on any atom is -0.383 e. The summed E-state index contributed by atoms with van der Waals surface area (Å²) in [5, 5.41) is 0. The normalized spacial score (nSPS) is 12.0. The first-order chi connectivity index (χ1) is 9.31. The summed E-state index contributed by atoms with van der Waals surface area (Å²) in [6.07, 6.45) is -4.39. The largest absolute Gasteiger partial charge is 0.416 e. The molecule has 0 aliphatic heterocycles. The molecule has 0 bridgehead atoms. The fourth-order valence-electron chi connectivity index (χ4n) is 2.06. The first kappa shape index (κ1) is 16.8. The number of benzene rings is 1. The van der Waals surface area contributed by atoms with E-state index in [1.165, 1.54) is 6.07 Å². The molecule has 0 aliphatic carbocycles. The van der Waals surface area contributed by atoms with Crippen LogP contribution in [-0.2, 0) is 17.5 Å². The minimum absolute atomic E-state index is 0.0787. The molecule has 0 amide bonds. The average molecular weight is 290 g/mol. The van der Waals surface area contributed by atoms with Crippen LogP contribution in [0.25, 0.3) is 0 Å². The van der Waals surface area contributed by atoms with E-state index in [-0.39, 0.29) is 18.2 Å². The number of methoxy groups -OCH3 is 1. The van der Waals surface area contributed by atoms with Gasteiger partial charge in [0.05, 0.1) is 12.2 Å². The zero-order valence-corrected chi connectivity index (χ0v) is 12.0. The predicted octanol–water partition coefficient (Wildman–Crippen LogP) is 3.03. The number of nitrogens with zero attached hydrogens (tertiary/aromatic N) is 1. The molecule has 0 heterocycles. The number of ether oxygens (including phenoxy) is 1. The molecule has 0 radical (unpaired) electrons. The summed E-state index contributed by atoms with van der Waals surface area (Å²) in [5.74, 6) is 0. The third-order valence-electron chi connectivity index (χ3n) is 3.11. The number of nitrogens with two attached hydrogens (primary N) is 1. The van der Waals surface area contributed by atoms with Crippen molar-refractivity contribution in [1.82, 2.24) is 0 Å². The molecule has 0 spiro atoms. The molecule has 3 nitrogen and oxygen atoms in total. The van der Waals surface area contributed by atoms with Crippen LogP contribution in [0, 0.1) is 0 Å². The SMILES string of the molecule is COCCN(c1ccc(CN)c(C(F)(F)F)c1)C(C)C. The van der Waals surface area contributed by atoms with Crippen molar-refractivity contribution in [3.05, 3.63) is 29.3 Å². The lowest BCUT2D eigenvalue weighted by atomic mass is 10.0. The standard InChI is InChI=1S/C14H21F3N2O/c1-10(2)19(6-7-20-3)12-5-4-11(9-18)13(8-12)14(15,16)17/h4-5,8,10H,6-7,9,18H2,1-3H3. The van der Waals surface area contributed by atoms with E-state index in [9.17, 15) is 13.2 Å². The zero-order valence-electron chi connectivity index (χ0n) is 12.0. The van der Waals surface area contributed by atoms with Gasteiger partial charge in [-0.3, -0.25) is 0 Å². The lowest BCUT2D eigenvalue weighted by Gasteiger charge is -2.29. The fraction of sp³-hybridized carbons (Fsp3) is 0.571. The predicted molar refractivity (Wildman–Crippen MR) is 73.7 cm³/mol. The van der Waals surface area contributed by atoms with Gasteiger partial charge in [-0.05, 0) is 31.5 Å². The summed E-state index contributed by atoms with van der Waals surface area (Å²) >= 11 is 0. The third-order valence-corrected chi connectivity index (χ3v) is 3.11. The molecular weight excluding hydrogens is 269 g/mol. The van der Waals surface area contributed by atoms with Gasteiger partial charge in [-0.1, -0.05) is 6.07 Å². The van der Waals surface area contributed by atoms with Crippen molar-refractivity contribution >= 4 is 5.69 Å². The van der Waals surface area contributed by atoms with Crippen LogP contribution in [0.3, 0.4) is 0 Å². The lowest BCUT2D eigenvalue weighted by molar-refractivity contribution is -0.138. The number of hydrogen-bond donors (Lipinski definition) is 1. The Bertz CT molecular complexity index is 433. The van der Waals surface area contributed by atoms with Crippen LogP contribution in [0.15, 0.2) is 18.2 Å². The van der Waals surface area contributed by atoms with E-state index in [0.29, 0.717) is 18.8 Å². The van der Waals surface area contributed by atoms with Crippen molar-refractivity contribution in [3.8, 4) is 0 Å². The summed E-state index contributed by atoms with van der Waals surface area (Å²) in [5.41, 5.74) is 5.35. The molecule has 0 aromatic heterocycles. The molecule has 20 heavy (non-hydrogen) atoms. The fourth-order valence-corrected chi connectivity index (χ4v) is 2.06. The summed E-state index contributed by atoms with van der Waals surface area (Å²) in [6.45, 7) is 4.72. The molecule has 0 saturated carbocycles. The molecule has 0 fully saturated rings. The van der Waals surface area contributed by atoms with Gasteiger partial charge in [0.25, 0.3) is 0 Å². The second-order valence-corrected chi connectivity index (χ2v) is 4.82. The highest BCUT2D eigenvalue weighted by Crippen LogP contribution is 2.34. The Balaban J connectivity index is 3.17. The quantitative estimate of drug-likeness (QED) is 0.875. The van der Waals surface area contributed by atoms with E-state index < -0.39 is 11.7 Å². The highest BCUT2D eigenvalue weighted by molar-refractivity contribution is 5.52. The lowest BCUT2D eigenvalue weighted by Crippen LogP contribution is -2.34. The Morgan fingerprint density at radius 2 is 1.95 bits per heavy atom. The van der Waals surface area contributed by atoms with E-state index in [1.54, 1.807) is 13.2 Å². The second kappa shape index (κ2) is 6.95. The molecule has 0 unspecified atom stereocenters. The summed E-state index contributed by atoms with van der Waals surface area (Å²) in [6, 6.07) is 4.36. The number of alkyl halides is 3. The van der Waals surface area contributed by atoms with Crippen LogP contribution in [0.4, 0.5) is 18.9 Å². The zero-order chi connectivity index (χ0) is 15.3. The van der Waals surface area contributed by atoms with Crippen LogP contribution < -0.4 is 10.6 Å². The second-order valence-electron chi connectivity index (χ2n) is 4.82. The van der Waals surface area contributed by atoms with Gasteiger partial charge < -0.3 is 15.4 Å². The Morgan fingerprint density at radius 3 is 2.40 bits per heavy atom. The third kappa shape index (κ3) is 4.11. The minimum atomic E-state index is -4.39. The van der Waals surface area contributed by atoms with E-state index in [0.717, 1.165) is 6.07 Å². The maximum atomic E-state index is 13.0. The molecule has 0 aliphatic rings. The highest BCUT2D eigenvalue weighted by atomic mass is 19.4. The van der Waals surface area contributed by atoms with Crippen LogP contribution in [0.5, 0.6) is 0 Å². The number of anilines is 1. The van der Waals surface area contributed by atoms with Crippen molar-refractivity contribution in [1.29, 1.82) is 0 Å². The van der Waals surface area contributed by atoms with Crippen LogP contribution in [-0.4, -0.2) is 26.3 Å². The first-order valence-corrected chi connectivity index (χ1v) is 6.47. The van der Waals surface area contributed by atoms with Gasteiger partial charge in [-0.2, -0.15) is 13.2 Å². The molecule has 114 valence electrons. The monoisotopic (exact) mass is 290 g/mol.